The molecule has 1 unspecified atom stereocenters. The lowest BCUT2D eigenvalue weighted by molar-refractivity contribution is 0.0227. The van der Waals surface area contributed by atoms with Crippen molar-refractivity contribution in [2.45, 2.75) is 44.8 Å². The predicted molar refractivity (Wildman–Crippen MR) is 116 cm³/mol. The minimum Gasteiger partial charge on any atom is -0.496 e. The number of para-hydroxylation sites is 1. The minimum atomic E-state index is -0.264. The van der Waals surface area contributed by atoms with Crippen molar-refractivity contribution in [2.75, 3.05) is 7.11 Å². The lowest BCUT2D eigenvalue weighted by Gasteiger charge is -2.41. The van der Waals surface area contributed by atoms with E-state index in [0.29, 0.717) is 11.3 Å². The van der Waals surface area contributed by atoms with E-state index in [2.05, 4.69) is 19.2 Å². The molecule has 0 aliphatic carbocycles. The van der Waals surface area contributed by atoms with Crippen LogP contribution < -0.4 is 14.8 Å². The lowest BCUT2D eigenvalue weighted by Crippen LogP contribution is -2.44. The molecule has 0 aromatic heterocycles. The fraction of sp³-hybridized carbons (Fsp3) is 0.320. The molecular formula is C25H27NO3. The fourth-order valence-corrected chi connectivity index (χ4v) is 4.23. The molecule has 1 aliphatic rings. The van der Waals surface area contributed by atoms with Crippen LogP contribution in [0.1, 0.15) is 55.1 Å². The Labute approximate surface area is 171 Å². The van der Waals surface area contributed by atoms with Crippen molar-refractivity contribution < 1.29 is 14.3 Å². The van der Waals surface area contributed by atoms with Gasteiger partial charge in [0.2, 0.25) is 0 Å². The Balaban J connectivity index is 1.70. The predicted octanol–water partition coefficient (Wildman–Crippen LogP) is 5.66. The molecular weight excluding hydrogens is 362 g/mol. The number of rotatable bonds is 5. The van der Waals surface area contributed by atoms with Gasteiger partial charge >= 0.3 is 0 Å². The van der Waals surface area contributed by atoms with Gasteiger partial charge in [-0.1, -0.05) is 56.3 Å². The average molecular weight is 389 g/mol. The summed E-state index contributed by atoms with van der Waals surface area (Å²) >= 11 is 0. The van der Waals surface area contributed by atoms with E-state index in [9.17, 15) is 4.79 Å². The van der Waals surface area contributed by atoms with E-state index in [0.717, 1.165) is 41.3 Å². The van der Waals surface area contributed by atoms with E-state index in [1.807, 2.05) is 60.7 Å². The van der Waals surface area contributed by atoms with Crippen LogP contribution in [0.4, 0.5) is 0 Å². The second kappa shape index (κ2) is 7.78. The van der Waals surface area contributed by atoms with Crippen molar-refractivity contribution in [2.24, 2.45) is 0 Å². The zero-order chi connectivity index (χ0) is 20.4. The van der Waals surface area contributed by atoms with Crippen molar-refractivity contribution in [3.8, 4) is 11.5 Å². The SMILES string of the molecule is CCC1(CC)CC(NC(=O)c2cc3ccccc3cc2OC)c2ccccc2O1. The Morgan fingerprint density at radius 3 is 2.41 bits per heavy atom. The van der Waals surface area contributed by atoms with E-state index in [1.165, 1.54) is 0 Å². The Hall–Kier alpha value is -3.01. The van der Waals surface area contributed by atoms with Crippen LogP contribution in [0, 0.1) is 0 Å². The lowest BCUT2D eigenvalue weighted by atomic mass is 9.83. The maximum atomic E-state index is 13.3. The zero-order valence-corrected chi connectivity index (χ0v) is 17.2. The van der Waals surface area contributed by atoms with Crippen LogP contribution in [0.3, 0.4) is 0 Å². The molecule has 150 valence electrons. The van der Waals surface area contributed by atoms with Crippen LogP contribution >= 0.6 is 0 Å². The molecule has 0 radical (unpaired) electrons. The first-order valence-electron chi connectivity index (χ1n) is 10.2. The summed E-state index contributed by atoms with van der Waals surface area (Å²) in [5, 5.41) is 5.32. The van der Waals surface area contributed by atoms with Gasteiger partial charge in [0, 0.05) is 12.0 Å². The molecule has 4 nitrogen and oxygen atoms in total. The summed E-state index contributed by atoms with van der Waals surface area (Å²) in [6.07, 6.45) is 2.53. The smallest absolute Gasteiger partial charge is 0.255 e. The summed E-state index contributed by atoms with van der Waals surface area (Å²) in [6.45, 7) is 4.28. The molecule has 1 aliphatic heterocycles. The molecule has 4 heteroatoms. The van der Waals surface area contributed by atoms with Crippen molar-refractivity contribution >= 4 is 16.7 Å². The third kappa shape index (κ3) is 3.55. The second-order valence-electron chi connectivity index (χ2n) is 7.66. The van der Waals surface area contributed by atoms with E-state index < -0.39 is 0 Å². The summed E-state index contributed by atoms with van der Waals surface area (Å²) in [5.41, 5.74) is 1.31. The maximum absolute atomic E-state index is 13.3. The Bertz CT molecular complexity index is 1040. The van der Waals surface area contributed by atoms with Crippen molar-refractivity contribution in [1.29, 1.82) is 0 Å². The number of carbonyl (C=O) groups excluding carboxylic acids is 1. The minimum absolute atomic E-state index is 0.108. The molecule has 0 bridgehead atoms. The third-order valence-electron chi connectivity index (χ3n) is 6.10. The first-order valence-corrected chi connectivity index (χ1v) is 10.2. The number of nitrogens with one attached hydrogen (secondary N) is 1. The molecule has 1 heterocycles. The van der Waals surface area contributed by atoms with Gasteiger partial charge in [-0.05, 0) is 41.8 Å². The van der Waals surface area contributed by atoms with Gasteiger partial charge in [0.15, 0.2) is 0 Å². The molecule has 1 atom stereocenters. The second-order valence-corrected chi connectivity index (χ2v) is 7.66. The molecule has 1 amide bonds. The average Bonchev–Trinajstić information content (AvgIpc) is 2.77. The third-order valence-corrected chi connectivity index (χ3v) is 6.10. The number of hydrogen-bond donors (Lipinski definition) is 1. The highest BCUT2D eigenvalue weighted by molar-refractivity contribution is 6.01. The van der Waals surface area contributed by atoms with Gasteiger partial charge in [-0.2, -0.15) is 0 Å². The number of benzene rings is 3. The largest absolute Gasteiger partial charge is 0.496 e. The first-order chi connectivity index (χ1) is 14.1. The zero-order valence-electron chi connectivity index (χ0n) is 17.2. The quantitative estimate of drug-likeness (QED) is 0.612. The number of fused-ring (bicyclic) bond motifs is 2. The Morgan fingerprint density at radius 2 is 1.72 bits per heavy atom. The molecule has 0 fully saturated rings. The summed E-state index contributed by atoms with van der Waals surface area (Å²) in [4.78, 5) is 13.3. The van der Waals surface area contributed by atoms with Gasteiger partial charge in [-0.3, -0.25) is 4.79 Å². The molecule has 1 N–H and O–H groups in total. The molecule has 0 saturated carbocycles. The number of ether oxygens (including phenoxy) is 2. The summed E-state index contributed by atoms with van der Waals surface area (Å²) in [6, 6.07) is 19.7. The van der Waals surface area contributed by atoms with E-state index in [-0.39, 0.29) is 17.6 Å². The topological polar surface area (TPSA) is 47.6 Å². The monoisotopic (exact) mass is 389 g/mol. The molecule has 4 rings (SSSR count). The van der Waals surface area contributed by atoms with Crippen molar-refractivity contribution in [1.82, 2.24) is 5.32 Å². The van der Waals surface area contributed by atoms with Crippen LogP contribution in [0.15, 0.2) is 60.7 Å². The molecule has 3 aromatic carbocycles. The molecule has 29 heavy (non-hydrogen) atoms. The van der Waals surface area contributed by atoms with Crippen LogP contribution in [-0.2, 0) is 0 Å². The van der Waals surface area contributed by atoms with Gasteiger partial charge in [0.25, 0.3) is 5.91 Å². The highest BCUT2D eigenvalue weighted by Crippen LogP contribution is 2.43. The van der Waals surface area contributed by atoms with Gasteiger partial charge < -0.3 is 14.8 Å². The van der Waals surface area contributed by atoms with E-state index in [4.69, 9.17) is 9.47 Å². The van der Waals surface area contributed by atoms with Crippen LogP contribution in [0.25, 0.3) is 10.8 Å². The normalized spacial score (nSPS) is 17.3. The van der Waals surface area contributed by atoms with Gasteiger partial charge in [-0.15, -0.1) is 0 Å². The van der Waals surface area contributed by atoms with Crippen LogP contribution in [0.2, 0.25) is 0 Å². The first kappa shape index (κ1) is 19.3. The van der Waals surface area contributed by atoms with Gasteiger partial charge in [0.05, 0.1) is 18.7 Å². The number of hydrogen-bond acceptors (Lipinski definition) is 3. The number of amides is 1. The van der Waals surface area contributed by atoms with Crippen LogP contribution in [-0.4, -0.2) is 18.6 Å². The van der Waals surface area contributed by atoms with E-state index in [1.54, 1.807) is 7.11 Å². The molecule has 0 spiro atoms. The standard InChI is InChI=1S/C25H27NO3/c1-4-25(5-2)16-21(19-12-8-9-13-22(19)29-25)26-24(27)20-14-17-10-6-7-11-18(17)15-23(20)28-3/h6-15,21H,4-5,16H2,1-3H3,(H,26,27). The number of methoxy groups -OCH3 is 1. The Morgan fingerprint density at radius 1 is 1.07 bits per heavy atom. The maximum Gasteiger partial charge on any atom is 0.255 e. The highest BCUT2D eigenvalue weighted by atomic mass is 16.5. The summed E-state index contributed by atoms with van der Waals surface area (Å²) in [5.74, 6) is 1.31. The van der Waals surface area contributed by atoms with Crippen molar-refractivity contribution in [3.63, 3.8) is 0 Å². The number of carbonyl (C=O) groups is 1. The summed E-state index contributed by atoms with van der Waals surface area (Å²) in [7, 11) is 1.60. The van der Waals surface area contributed by atoms with Crippen molar-refractivity contribution in [3.05, 3.63) is 71.8 Å². The van der Waals surface area contributed by atoms with Gasteiger partial charge in [-0.25, -0.2) is 0 Å². The Kier molecular flexibility index (Phi) is 5.18. The van der Waals surface area contributed by atoms with Crippen LogP contribution in [0.5, 0.6) is 11.5 Å². The molecule has 0 saturated heterocycles. The molecule has 3 aromatic rings. The van der Waals surface area contributed by atoms with Gasteiger partial charge in [0.1, 0.15) is 17.1 Å². The summed E-state index contributed by atoms with van der Waals surface area (Å²) < 4.78 is 11.9. The highest BCUT2D eigenvalue weighted by Gasteiger charge is 2.39. The van der Waals surface area contributed by atoms with E-state index >= 15 is 0 Å². The fourth-order valence-electron chi connectivity index (χ4n) is 4.23.